The van der Waals surface area contributed by atoms with Gasteiger partial charge in [0.05, 0.1) is 5.52 Å². The fourth-order valence-electron chi connectivity index (χ4n) is 4.43. The molecule has 2 unspecified atom stereocenters. The minimum Gasteiger partial charge on any atom is -0.465 e. The SMILES string of the molecule is Cn1nnc2cc(CNC(=O)[C@@H]3CC(N)CN3C(=O)C(CCc3ccccc3)NC(=O)O)ccc21. The molecule has 1 aliphatic rings. The van der Waals surface area contributed by atoms with Gasteiger partial charge in [-0.1, -0.05) is 41.6 Å². The minimum atomic E-state index is -1.29. The third-order valence-corrected chi connectivity index (χ3v) is 6.22. The topological polar surface area (TPSA) is 155 Å². The summed E-state index contributed by atoms with van der Waals surface area (Å²) in [5.41, 5.74) is 9.54. The number of hydrogen-bond donors (Lipinski definition) is 4. The molecule has 0 bridgehead atoms. The number of amides is 3. The van der Waals surface area contributed by atoms with Gasteiger partial charge in [-0.15, -0.1) is 5.10 Å². The number of rotatable bonds is 8. The van der Waals surface area contributed by atoms with Crippen molar-refractivity contribution in [3.8, 4) is 0 Å². The van der Waals surface area contributed by atoms with Crippen LogP contribution in [-0.2, 0) is 29.6 Å². The molecule has 0 aliphatic carbocycles. The zero-order valence-electron chi connectivity index (χ0n) is 19.4. The third kappa shape index (κ3) is 5.75. The van der Waals surface area contributed by atoms with Gasteiger partial charge in [-0.3, -0.25) is 9.59 Å². The molecule has 1 aromatic heterocycles. The molecule has 2 heterocycles. The van der Waals surface area contributed by atoms with E-state index in [-0.39, 0.29) is 31.5 Å². The number of aromatic nitrogens is 3. The van der Waals surface area contributed by atoms with Gasteiger partial charge in [0, 0.05) is 26.2 Å². The van der Waals surface area contributed by atoms with Crippen molar-refractivity contribution in [2.75, 3.05) is 6.54 Å². The van der Waals surface area contributed by atoms with Crippen LogP contribution in [0.1, 0.15) is 24.0 Å². The Hall–Kier alpha value is -3.99. The van der Waals surface area contributed by atoms with E-state index in [9.17, 15) is 19.5 Å². The van der Waals surface area contributed by atoms with Gasteiger partial charge in [0.25, 0.3) is 0 Å². The largest absolute Gasteiger partial charge is 0.465 e. The van der Waals surface area contributed by atoms with Gasteiger partial charge in [-0.25, -0.2) is 9.48 Å². The van der Waals surface area contributed by atoms with Crippen molar-refractivity contribution in [2.24, 2.45) is 12.8 Å². The van der Waals surface area contributed by atoms with Crippen LogP contribution in [0.4, 0.5) is 4.79 Å². The lowest BCUT2D eigenvalue weighted by atomic mass is 10.0. The van der Waals surface area contributed by atoms with Gasteiger partial charge in [0.2, 0.25) is 11.8 Å². The lowest BCUT2D eigenvalue weighted by Gasteiger charge is -2.28. The highest BCUT2D eigenvalue weighted by atomic mass is 16.4. The summed E-state index contributed by atoms with van der Waals surface area (Å²) in [6.07, 6.45) is -0.202. The molecule has 0 radical (unpaired) electrons. The molecule has 5 N–H and O–H groups in total. The fraction of sp³-hybridized carbons (Fsp3) is 0.375. The summed E-state index contributed by atoms with van der Waals surface area (Å²) < 4.78 is 1.67. The van der Waals surface area contributed by atoms with Crippen molar-refractivity contribution in [2.45, 2.75) is 43.9 Å². The number of hydrogen-bond acceptors (Lipinski definition) is 6. The molecule has 0 saturated carbocycles. The second kappa shape index (κ2) is 10.5. The first-order valence-electron chi connectivity index (χ1n) is 11.5. The summed E-state index contributed by atoms with van der Waals surface area (Å²) in [4.78, 5) is 39.2. The van der Waals surface area contributed by atoms with Crippen LogP contribution in [0, 0.1) is 0 Å². The summed E-state index contributed by atoms with van der Waals surface area (Å²) in [5, 5.41) is 22.5. The fourth-order valence-corrected chi connectivity index (χ4v) is 4.43. The minimum absolute atomic E-state index is 0.186. The van der Waals surface area contributed by atoms with E-state index in [0.29, 0.717) is 12.8 Å². The first-order chi connectivity index (χ1) is 16.8. The Morgan fingerprint density at radius 3 is 2.69 bits per heavy atom. The van der Waals surface area contributed by atoms with E-state index in [4.69, 9.17) is 5.73 Å². The Labute approximate surface area is 202 Å². The summed E-state index contributed by atoms with van der Waals surface area (Å²) in [7, 11) is 1.80. The lowest BCUT2D eigenvalue weighted by molar-refractivity contribution is -0.140. The van der Waals surface area contributed by atoms with Gasteiger partial charge in [0.15, 0.2) is 0 Å². The first-order valence-corrected chi connectivity index (χ1v) is 11.5. The molecule has 3 atom stereocenters. The number of carbonyl (C=O) groups is 3. The zero-order valence-corrected chi connectivity index (χ0v) is 19.4. The van der Waals surface area contributed by atoms with E-state index in [2.05, 4.69) is 20.9 Å². The summed E-state index contributed by atoms with van der Waals surface area (Å²) in [6, 6.07) is 13.0. The normalized spacial score (nSPS) is 18.4. The van der Waals surface area contributed by atoms with Gasteiger partial charge in [-0.05, 0) is 42.5 Å². The molecule has 1 aliphatic heterocycles. The Morgan fingerprint density at radius 1 is 1.17 bits per heavy atom. The Kier molecular flexibility index (Phi) is 7.25. The van der Waals surface area contributed by atoms with Gasteiger partial charge >= 0.3 is 6.09 Å². The number of aryl methyl sites for hydroxylation is 2. The standard InChI is InChI=1S/C24H29N7O4/c1-30-20-10-8-16(11-19(20)28-29-30)13-26-22(32)21-12-17(25)14-31(21)23(33)18(27-24(34)35)9-7-15-5-3-2-4-6-15/h2-6,8,10-11,17-18,21,27H,7,9,12-14,25H2,1H3,(H,26,32)(H,34,35)/t17?,18?,21-/m0/s1. The highest BCUT2D eigenvalue weighted by Gasteiger charge is 2.40. The number of carbonyl (C=O) groups excluding carboxylic acids is 2. The van der Waals surface area contributed by atoms with Crippen molar-refractivity contribution in [1.82, 2.24) is 30.5 Å². The first kappa shape index (κ1) is 24.1. The quantitative estimate of drug-likeness (QED) is 0.372. The molecule has 35 heavy (non-hydrogen) atoms. The molecule has 1 fully saturated rings. The van der Waals surface area contributed by atoms with Crippen LogP contribution in [-0.4, -0.2) is 67.6 Å². The molecule has 1 saturated heterocycles. The molecule has 2 aromatic carbocycles. The average molecular weight is 480 g/mol. The van der Waals surface area contributed by atoms with Crippen molar-refractivity contribution in [3.63, 3.8) is 0 Å². The van der Waals surface area contributed by atoms with Gasteiger partial charge in [-0.2, -0.15) is 0 Å². The number of nitrogens with two attached hydrogens (primary N) is 1. The number of fused-ring (bicyclic) bond motifs is 1. The molecule has 4 rings (SSSR count). The molecule has 184 valence electrons. The molecular formula is C24H29N7O4. The maximum Gasteiger partial charge on any atom is 0.405 e. The number of likely N-dealkylation sites (tertiary alicyclic amines) is 1. The van der Waals surface area contributed by atoms with E-state index in [1.165, 1.54) is 4.90 Å². The third-order valence-electron chi connectivity index (χ3n) is 6.22. The maximum atomic E-state index is 13.3. The van der Waals surface area contributed by atoms with Gasteiger partial charge < -0.3 is 26.4 Å². The lowest BCUT2D eigenvalue weighted by Crippen LogP contribution is -2.53. The van der Waals surface area contributed by atoms with Crippen LogP contribution in [0.3, 0.4) is 0 Å². The highest BCUT2D eigenvalue weighted by Crippen LogP contribution is 2.20. The maximum absolute atomic E-state index is 13.3. The smallest absolute Gasteiger partial charge is 0.405 e. The van der Waals surface area contributed by atoms with Crippen LogP contribution in [0.5, 0.6) is 0 Å². The Balaban J connectivity index is 1.42. The second-order valence-electron chi connectivity index (χ2n) is 8.78. The molecule has 3 amide bonds. The van der Waals surface area contributed by atoms with E-state index in [0.717, 1.165) is 22.2 Å². The zero-order chi connectivity index (χ0) is 24.9. The van der Waals surface area contributed by atoms with Crippen molar-refractivity contribution in [1.29, 1.82) is 0 Å². The van der Waals surface area contributed by atoms with E-state index in [1.807, 2.05) is 48.5 Å². The number of benzene rings is 2. The molecular weight excluding hydrogens is 450 g/mol. The van der Waals surface area contributed by atoms with Crippen LogP contribution in [0.2, 0.25) is 0 Å². The van der Waals surface area contributed by atoms with Crippen molar-refractivity contribution >= 4 is 28.9 Å². The van der Waals surface area contributed by atoms with Crippen LogP contribution < -0.4 is 16.4 Å². The summed E-state index contributed by atoms with van der Waals surface area (Å²) in [6.45, 7) is 0.440. The predicted octanol–water partition coefficient (Wildman–Crippen LogP) is 0.782. The highest BCUT2D eigenvalue weighted by molar-refractivity contribution is 5.92. The van der Waals surface area contributed by atoms with Gasteiger partial charge in [0.1, 0.15) is 17.6 Å². The Bertz CT molecular complexity index is 1210. The predicted molar refractivity (Wildman–Crippen MR) is 128 cm³/mol. The van der Waals surface area contributed by atoms with E-state index < -0.39 is 24.1 Å². The molecule has 11 nitrogen and oxygen atoms in total. The number of nitrogens with zero attached hydrogens (tertiary/aromatic N) is 4. The molecule has 11 heteroatoms. The summed E-state index contributed by atoms with van der Waals surface area (Å²) in [5.74, 6) is -0.778. The number of nitrogens with one attached hydrogen (secondary N) is 2. The average Bonchev–Trinajstić information content (AvgIpc) is 3.42. The second-order valence-corrected chi connectivity index (χ2v) is 8.78. The molecule has 3 aromatic rings. The number of carboxylic acid groups (broad SMARTS) is 1. The Morgan fingerprint density at radius 2 is 1.94 bits per heavy atom. The van der Waals surface area contributed by atoms with Crippen molar-refractivity contribution in [3.05, 3.63) is 59.7 Å². The van der Waals surface area contributed by atoms with E-state index in [1.54, 1.807) is 11.7 Å². The van der Waals surface area contributed by atoms with Crippen LogP contribution in [0.25, 0.3) is 11.0 Å². The van der Waals surface area contributed by atoms with Crippen LogP contribution in [0.15, 0.2) is 48.5 Å². The monoisotopic (exact) mass is 479 g/mol. The van der Waals surface area contributed by atoms with Crippen molar-refractivity contribution < 1.29 is 19.5 Å². The van der Waals surface area contributed by atoms with Crippen LogP contribution >= 0.6 is 0 Å². The van der Waals surface area contributed by atoms with E-state index >= 15 is 0 Å². The summed E-state index contributed by atoms with van der Waals surface area (Å²) >= 11 is 0. The molecule has 0 spiro atoms.